The van der Waals surface area contributed by atoms with Crippen molar-refractivity contribution in [1.29, 1.82) is 0 Å². The second kappa shape index (κ2) is 9.61. The Kier molecular flexibility index (Phi) is 6.95. The number of rotatable bonds is 7. The minimum atomic E-state index is -0.330. The summed E-state index contributed by atoms with van der Waals surface area (Å²) in [6, 6.07) is 12.4. The Morgan fingerprint density at radius 3 is 2.71 bits per heavy atom. The average Bonchev–Trinajstić information content (AvgIpc) is 3.25. The van der Waals surface area contributed by atoms with Crippen LogP contribution in [0.15, 0.2) is 47.4 Å². The van der Waals surface area contributed by atoms with Crippen molar-refractivity contribution >= 4 is 29.3 Å². The maximum absolute atomic E-state index is 12.8. The summed E-state index contributed by atoms with van der Waals surface area (Å²) in [4.78, 5) is 26.4. The molecule has 0 saturated carbocycles. The topological polar surface area (TPSA) is 76.7 Å². The molecule has 1 heterocycles. The van der Waals surface area contributed by atoms with Crippen LogP contribution in [0.3, 0.4) is 0 Å². The lowest BCUT2D eigenvalue weighted by Crippen LogP contribution is -2.32. The van der Waals surface area contributed by atoms with Gasteiger partial charge in [-0.05, 0) is 49.4 Å². The summed E-state index contributed by atoms with van der Waals surface area (Å²) in [6.07, 6.45) is 3.99. The van der Waals surface area contributed by atoms with Crippen LogP contribution in [0.5, 0.6) is 5.75 Å². The van der Waals surface area contributed by atoms with Gasteiger partial charge in [-0.3, -0.25) is 9.59 Å². The van der Waals surface area contributed by atoms with Crippen LogP contribution in [0.2, 0.25) is 0 Å². The molecule has 0 aromatic heterocycles. The molecule has 1 aliphatic heterocycles. The highest BCUT2D eigenvalue weighted by Gasteiger charge is 2.19. The number of hydrogen-bond donors (Lipinski definition) is 2. The molecule has 3 rings (SSSR count). The molecule has 1 fully saturated rings. The third-order valence-corrected chi connectivity index (χ3v) is 5.31. The Morgan fingerprint density at radius 2 is 2.00 bits per heavy atom. The summed E-state index contributed by atoms with van der Waals surface area (Å²) < 4.78 is 10.9. The van der Waals surface area contributed by atoms with Crippen LogP contribution < -0.4 is 15.4 Å². The third kappa shape index (κ3) is 4.85. The van der Waals surface area contributed by atoms with Crippen molar-refractivity contribution < 1.29 is 19.1 Å². The van der Waals surface area contributed by atoms with Crippen LogP contribution >= 0.6 is 11.8 Å². The Morgan fingerprint density at radius 1 is 1.18 bits per heavy atom. The van der Waals surface area contributed by atoms with Crippen molar-refractivity contribution in [3.63, 3.8) is 0 Å². The third-order valence-electron chi connectivity index (χ3n) is 4.59. The lowest BCUT2D eigenvalue weighted by Gasteiger charge is -2.15. The fourth-order valence-corrected chi connectivity index (χ4v) is 3.50. The van der Waals surface area contributed by atoms with Crippen molar-refractivity contribution in [2.75, 3.05) is 31.8 Å². The van der Waals surface area contributed by atoms with E-state index in [1.165, 1.54) is 7.11 Å². The Hall–Kier alpha value is -2.51. The fourth-order valence-electron chi connectivity index (χ4n) is 3.07. The van der Waals surface area contributed by atoms with Crippen LogP contribution in [0, 0.1) is 0 Å². The lowest BCUT2D eigenvalue weighted by molar-refractivity contribution is 0.0858. The molecule has 7 heteroatoms. The second-order valence-corrected chi connectivity index (χ2v) is 7.29. The van der Waals surface area contributed by atoms with E-state index in [9.17, 15) is 9.59 Å². The molecule has 1 atom stereocenters. The molecule has 0 radical (unpaired) electrons. The Labute approximate surface area is 169 Å². The first kappa shape index (κ1) is 20.2. The van der Waals surface area contributed by atoms with Crippen LogP contribution in [-0.2, 0) is 4.74 Å². The molecular weight excluding hydrogens is 376 g/mol. The van der Waals surface area contributed by atoms with Crippen molar-refractivity contribution in [3.8, 4) is 5.75 Å². The number of carbonyl (C=O) groups is 2. The predicted molar refractivity (Wildman–Crippen MR) is 110 cm³/mol. The smallest absolute Gasteiger partial charge is 0.259 e. The number of anilines is 1. The van der Waals surface area contributed by atoms with Gasteiger partial charge in [0.05, 0.1) is 30.0 Å². The molecule has 0 aliphatic carbocycles. The van der Waals surface area contributed by atoms with E-state index in [1.54, 1.807) is 42.1 Å². The summed E-state index contributed by atoms with van der Waals surface area (Å²) in [5, 5.41) is 5.72. The maximum atomic E-state index is 12.8. The highest BCUT2D eigenvalue weighted by molar-refractivity contribution is 7.98. The van der Waals surface area contributed by atoms with Gasteiger partial charge in [0, 0.05) is 18.0 Å². The SMILES string of the molecule is COc1cc(SC)ccc1C(=O)Nc1ccccc1C(=O)NCC1CCCO1. The molecule has 2 amide bonds. The summed E-state index contributed by atoms with van der Waals surface area (Å²) in [5.41, 5.74) is 1.27. The van der Waals surface area contributed by atoms with Gasteiger partial charge in [0.15, 0.2) is 0 Å². The minimum Gasteiger partial charge on any atom is -0.496 e. The standard InChI is InChI=1S/C21H24N2O4S/c1-26-19-12-15(28-2)9-10-17(19)21(25)23-18-8-4-3-7-16(18)20(24)22-13-14-6-5-11-27-14/h3-4,7-10,12,14H,5-6,11,13H2,1-2H3,(H,22,24)(H,23,25). The highest BCUT2D eigenvalue weighted by atomic mass is 32.2. The number of para-hydroxylation sites is 1. The number of amides is 2. The van der Waals surface area contributed by atoms with Gasteiger partial charge in [0.25, 0.3) is 11.8 Å². The number of thioether (sulfide) groups is 1. The van der Waals surface area contributed by atoms with Gasteiger partial charge >= 0.3 is 0 Å². The first-order chi connectivity index (χ1) is 13.6. The van der Waals surface area contributed by atoms with Crippen LogP contribution in [-0.4, -0.2) is 44.4 Å². The van der Waals surface area contributed by atoms with Crippen molar-refractivity contribution in [3.05, 3.63) is 53.6 Å². The fraction of sp³-hybridized carbons (Fsp3) is 0.333. The molecule has 1 saturated heterocycles. The van der Waals surface area contributed by atoms with Gasteiger partial charge in [0.2, 0.25) is 0 Å². The quantitative estimate of drug-likeness (QED) is 0.695. The normalized spacial score (nSPS) is 15.9. The predicted octanol–water partition coefficient (Wildman–Crippen LogP) is 3.58. The molecule has 148 valence electrons. The van der Waals surface area contributed by atoms with Gasteiger partial charge in [-0.2, -0.15) is 0 Å². The summed E-state index contributed by atoms with van der Waals surface area (Å²) in [7, 11) is 1.53. The van der Waals surface area contributed by atoms with Gasteiger partial charge in [0.1, 0.15) is 5.75 Å². The summed E-state index contributed by atoms with van der Waals surface area (Å²) in [5.74, 6) is -0.0790. The summed E-state index contributed by atoms with van der Waals surface area (Å²) >= 11 is 1.57. The number of hydrogen-bond acceptors (Lipinski definition) is 5. The molecular formula is C21H24N2O4S. The number of carbonyl (C=O) groups excluding carboxylic acids is 2. The van der Waals surface area contributed by atoms with E-state index in [4.69, 9.17) is 9.47 Å². The largest absolute Gasteiger partial charge is 0.496 e. The van der Waals surface area contributed by atoms with E-state index in [0.717, 1.165) is 24.3 Å². The van der Waals surface area contributed by atoms with Crippen molar-refractivity contribution in [2.45, 2.75) is 23.8 Å². The van der Waals surface area contributed by atoms with E-state index in [0.29, 0.717) is 29.1 Å². The van der Waals surface area contributed by atoms with Gasteiger partial charge in [-0.1, -0.05) is 12.1 Å². The van der Waals surface area contributed by atoms with E-state index in [-0.39, 0.29) is 17.9 Å². The van der Waals surface area contributed by atoms with Crippen molar-refractivity contribution in [2.24, 2.45) is 0 Å². The zero-order chi connectivity index (χ0) is 19.9. The number of benzene rings is 2. The summed E-state index contributed by atoms with van der Waals surface area (Å²) in [6.45, 7) is 1.20. The number of ether oxygens (including phenoxy) is 2. The monoisotopic (exact) mass is 400 g/mol. The lowest BCUT2D eigenvalue weighted by atomic mass is 10.1. The molecule has 2 N–H and O–H groups in total. The highest BCUT2D eigenvalue weighted by Crippen LogP contribution is 2.26. The van der Waals surface area contributed by atoms with Gasteiger partial charge in [-0.25, -0.2) is 0 Å². The zero-order valence-electron chi connectivity index (χ0n) is 16.0. The maximum Gasteiger partial charge on any atom is 0.259 e. The first-order valence-corrected chi connectivity index (χ1v) is 10.4. The first-order valence-electron chi connectivity index (χ1n) is 9.14. The van der Waals surface area contributed by atoms with Crippen LogP contribution in [0.4, 0.5) is 5.69 Å². The minimum absolute atomic E-state index is 0.0601. The van der Waals surface area contributed by atoms with Crippen LogP contribution in [0.25, 0.3) is 0 Å². The van der Waals surface area contributed by atoms with Gasteiger partial charge < -0.3 is 20.1 Å². The van der Waals surface area contributed by atoms with Crippen LogP contribution in [0.1, 0.15) is 33.6 Å². The molecule has 0 bridgehead atoms. The molecule has 6 nitrogen and oxygen atoms in total. The number of nitrogens with one attached hydrogen (secondary N) is 2. The van der Waals surface area contributed by atoms with E-state index in [1.807, 2.05) is 18.4 Å². The Balaban J connectivity index is 1.73. The molecule has 28 heavy (non-hydrogen) atoms. The average molecular weight is 401 g/mol. The molecule has 1 aliphatic rings. The second-order valence-electron chi connectivity index (χ2n) is 6.41. The van der Waals surface area contributed by atoms with Gasteiger partial charge in [-0.15, -0.1) is 11.8 Å². The Bertz CT molecular complexity index is 850. The molecule has 2 aromatic carbocycles. The molecule has 2 aromatic rings. The molecule has 1 unspecified atom stereocenters. The van der Waals surface area contributed by atoms with Crippen molar-refractivity contribution in [1.82, 2.24) is 5.32 Å². The zero-order valence-corrected chi connectivity index (χ0v) is 16.8. The van der Waals surface area contributed by atoms with E-state index < -0.39 is 0 Å². The number of methoxy groups -OCH3 is 1. The van der Waals surface area contributed by atoms with E-state index >= 15 is 0 Å². The molecule has 0 spiro atoms. The van der Waals surface area contributed by atoms with E-state index in [2.05, 4.69) is 10.6 Å².